The second-order valence-electron chi connectivity index (χ2n) is 10.5. The fraction of sp³-hybridized carbons (Fsp3) is 0.520. The van der Waals surface area contributed by atoms with Gasteiger partial charge in [-0.15, -0.1) is 0 Å². The van der Waals surface area contributed by atoms with E-state index in [-0.39, 0.29) is 23.7 Å². The fourth-order valence-electron chi connectivity index (χ4n) is 6.89. The van der Waals surface area contributed by atoms with Crippen LogP contribution in [0.15, 0.2) is 42.5 Å². The van der Waals surface area contributed by atoms with Gasteiger partial charge in [-0.25, -0.2) is 5.14 Å². The van der Waals surface area contributed by atoms with Crippen molar-refractivity contribution in [2.24, 2.45) is 27.5 Å². The maximum Gasteiger partial charge on any atom is 0.380 e. The Hall–Kier alpha value is -2.18. The van der Waals surface area contributed by atoms with Crippen LogP contribution in [-0.4, -0.2) is 22.9 Å². The summed E-state index contributed by atoms with van der Waals surface area (Å²) in [4.78, 5) is 0. The molecule has 0 spiro atoms. The van der Waals surface area contributed by atoms with Crippen LogP contribution in [-0.2, 0) is 37.8 Å². The highest BCUT2D eigenvalue weighted by Gasteiger charge is 2.56. The van der Waals surface area contributed by atoms with Gasteiger partial charge in [0.05, 0.1) is 6.10 Å². The molecule has 0 amide bonds. The molecule has 3 aliphatic rings. The third-order valence-electron chi connectivity index (χ3n) is 8.40. The Labute approximate surface area is 212 Å². The van der Waals surface area contributed by atoms with Crippen LogP contribution in [0.1, 0.15) is 61.6 Å². The minimum atomic E-state index is -4.23. The standard InChI is InChI=1S/C25H32N2O7S2/c1-25-12-11-18-19(21(25)9-10-24(25)34-36(27,30)31)8-7-17-13-23(33-35(26,28)29)22(14-20(17)18)32-15-16-5-3-2-4-6-16/h2-6,13-14,18-19,21,24H,7-12,15H2,1H3,(H2,26,28,29)(H2,27,30,31)/t18-,19+,21-,24-,25-/m0/s1. The zero-order valence-corrected chi connectivity index (χ0v) is 21.8. The predicted molar refractivity (Wildman–Crippen MR) is 134 cm³/mol. The minimum absolute atomic E-state index is 0.0914. The van der Waals surface area contributed by atoms with Gasteiger partial charge in [0.15, 0.2) is 11.5 Å². The van der Waals surface area contributed by atoms with Crippen LogP contribution in [0.25, 0.3) is 0 Å². The van der Waals surface area contributed by atoms with E-state index in [0.29, 0.717) is 24.0 Å². The van der Waals surface area contributed by atoms with E-state index in [4.69, 9.17) is 23.4 Å². The average molecular weight is 537 g/mol. The second kappa shape index (κ2) is 9.29. The number of ether oxygens (including phenoxy) is 1. The summed E-state index contributed by atoms with van der Waals surface area (Å²) in [6, 6.07) is 13.2. The Morgan fingerprint density at radius 2 is 1.69 bits per heavy atom. The lowest BCUT2D eigenvalue weighted by Gasteiger charge is -2.50. The van der Waals surface area contributed by atoms with E-state index in [9.17, 15) is 16.8 Å². The molecule has 9 nitrogen and oxygen atoms in total. The number of aryl methyl sites for hydroxylation is 1. The van der Waals surface area contributed by atoms with Gasteiger partial charge < -0.3 is 8.92 Å². The van der Waals surface area contributed by atoms with E-state index in [1.807, 2.05) is 36.4 Å². The van der Waals surface area contributed by atoms with Crippen LogP contribution in [0.2, 0.25) is 0 Å². The lowest BCUT2D eigenvalue weighted by molar-refractivity contribution is -0.00806. The Bertz CT molecular complexity index is 1350. The topological polar surface area (TPSA) is 148 Å². The fourth-order valence-corrected chi connectivity index (χ4v) is 7.91. The zero-order valence-electron chi connectivity index (χ0n) is 20.1. The average Bonchev–Trinajstić information content (AvgIpc) is 3.12. The number of nitrogens with two attached hydrogens (primary N) is 2. The largest absolute Gasteiger partial charge is 0.485 e. The summed E-state index contributed by atoms with van der Waals surface area (Å²) in [5, 5.41) is 10.4. The number of rotatable bonds is 7. The van der Waals surface area contributed by atoms with Gasteiger partial charge in [-0.1, -0.05) is 37.3 Å². The van der Waals surface area contributed by atoms with Crippen LogP contribution in [0, 0.1) is 17.3 Å². The summed E-state index contributed by atoms with van der Waals surface area (Å²) in [7, 11) is -8.25. The van der Waals surface area contributed by atoms with E-state index in [1.54, 1.807) is 6.07 Å². The van der Waals surface area contributed by atoms with Gasteiger partial charge in [0.25, 0.3) is 0 Å². The second-order valence-corrected chi connectivity index (χ2v) is 12.8. The molecule has 0 saturated heterocycles. The Morgan fingerprint density at radius 1 is 0.944 bits per heavy atom. The quantitative estimate of drug-likeness (QED) is 0.552. The van der Waals surface area contributed by atoms with Crippen LogP contribution in [0.5, 0.6) is 11.5 Å². The van der Waals surface area contributed by atoms with E-state index in [1.165, 1.54) is 0 Å². The smallest absolute Gasteiger partial charge is 0.380 e. The molecule has 0 unspecified atom stereocenters. The molecule has 0 radical (unpaired) electrons. The van der Waals surface area contributed by atoms with Gasteiger partial charge in [0.1, 0.15) is 6.61 Å². The zero-order chi connectivity index (χ0) is 25.7. The van der Waals surface area contributed by atoms with Crippen molar-refractivity contribution < 1.29 is 29.9 Å². The first-order valence-corrected chi connectivity index (χ1v) is 15.1. The number of benzene rings is 2. The van der Waals surface area contributed by atoms with Crippen molar-refractivity contribution in [2.45, 2.75) is 64.1 Å². The Kier molecular flexibility index (Phi) is 6.57. The number of fused-ring (bicyclic) bond motifs is 5. The molecule has 36 heavy (non-hydrogen) atoms. The summed E-state index contributed by atoms with van der Waals surface area (Å²) >= 11 is 0. The first kappa shape index (κ1) is 25.5. The van der Waals surface area contributed by atoms with Gasteiger partial charge >= 0.3 is 20.6 Å². The highest BCUT2D eigenvalue weighted by atomic mass is 32.2. The molecule has 5 atom stereocenters. The van der Waals surface area contributed by atoms with Crippen LogP contribution in [0.3, 0.4) is 0 Å². The van der Waals surface area contributed by atoms with Crippen LogP contribution >= 0.6 is 0 Å². The molecule has 0 heterocycles. The maximum atomic E-state index is 11.7. The normalized spacial score (nSPS) is 29.6. The molecule has 2 fully saturated rings. The Balaban J connectivity index is 1.45. The van der Waals surface area contributed by atoms with Crippen molar-refractivity contribution in [3.8, 4) is 11.5 Å². The van der Waals surface area contributed by atoms with E-state index >= 15 is 0 Å². The number of hydrogen-bond donors (Lipinski definition) is 2. The third-order valence-corrected chi connectivity index (χ3v) is 9.31. The molecule has 0 aromatic heterocycles. The van der Waals surface area contributed by atoms with Gasteiger partial charge in [-0.2, -0.15) is 22.0 Å². The van der Waals surface area contributed by atoms with E-state index in [0.717, 1.165) is 48.8 Å². The van der Waals surface area contributed by atoms with Crippen molar-refractivity contribution in [1.82, 2.24) is 0 Å². The molecule has 196 valence electrons. The molecule has 11 heteroatoms. The highest BCUT2D eigenvalue weighted by molar-refractivity contribution is 7.84. The van der Waals surface area contributed by atoms with Crippen molar-refractivity contribution in [3.05, 3.63) is 59.2 Å². The van der Waals surface area contributed by atoms with Crippen molar-refractivity contribution in [1.29, 1.82) is 0 Å². The van der Waals surface area contributed by atoms with E-state index < -0.39 is 26.7 Å². The van der Waals surface area contributed by atoms with E-state index in [2.05, 4.69) is 6.92 Å². The summed E-state index contributed by atoms with van der Waals surface area (Å²) in [6.07, 6.45) is 4.49. The minimum Gasteiger partial charge on any atom is -0.485 e. The maximum absolute atomic E-state index is 11.7. The van der Waals surface area contributed by atoms with Crippen LogP contribution < -0.4 is 19.2 Å². The SMILES string of the molecule is C[C@]12CC[C@@H]3c4cc(OCc5ccccc5)c(OS(N)(=O)=O)cc4CC[C@H]3[C@@H]1CC[C@@H]2OS(N)(=O)=O. The van der Waals surface area contributed by atoms with Crippen molar-refractivity contribution in [2.75, 3.05) is 0 Å². The summed E-state index contributed by atoms with van der Waals surface area (Å²) in [5.41, 5.74) is 2.85. The van der Waals surface area contributed by atoms with Gasteiger partial charge in [0.2, 0.25) is 0 Å². The highest BCUT2D eigenvalue weighted by Crippen LogP contribution is 2.62. The first-order chi connectivity index (χ1) is 16.9. The molecule has 4 N–H and O–H groups in total. The summed E-state index contributed by atoms with van der Waals surface area (Å²) in [5.74, 6) is 1.35. The molecule has 2 saturated carbocycles. The van der Waals surface area contributed by atoms with Crippen molar-refractivity contribution >= 4 is 20.6 Å². The van der Waals surface area contributed by atoms with Gasteiger partial charge in [-0.3, -0.25) is 4.18 Å². The molecule has 3 aliphatic carbocycles. The van der Waals surface area contributed by atoms with Gasteiger partial charge in [-0.05, 0) is 90.5 Å². The summed E-state index contributed by atoms with van der Waals surface area (Å²) in [6.45, 7) is 2.38. The molecule has 5 rings (SSSR count). The first-order valence-electron chi connectivity index (χ1n) is 12.2. The monoisotopic (exact) mass is 536 g/mol. The van der Waals surface area contributed by atoms with Crippen LogP contribution in [0.4, 0.5) is 0 Å². The molecule has 2 aromatic carbocycles. The summed E-state index contributed by atoms with van der Waals surface area (Å²) < 4.78 is 63.3. The molecule has 2 aromatic rings. The van der Waals surface area contributed by atoms with Crippen molar-refractivity contribution in [3.63, 3.8) is 0 Å². The lowest BCUT2D eigenvalue weighted by Crippen LogP contribution is -2.45. The third kappa shape index (κ3) is 5.12. The lowest BCUT2D eigenvalue weighted by atomic mass is 9.55. The molecule has 0 aliphatic heterocycles. The molecule has 0 bridgehead atoms. The molecular weight excluding hydrogens is 504 g/mol. The molecular formula is C25H32N2O7S2. The Morgan fingerprint density at radius 3 is 2.39 bits per heavy atom. The predicted octanol–water partition coefficient (Wildman–Crippen LogP) is 3.29. The number of hydrogen-bond acceptors (Lipinski definition) is 7. The van der Waals surface area contributed by atoms with Gasteiger partial charge in [0, 0.05) is 0 Å².